The van der Waals surface area contributed by atoms with Gasteiger partial charge in [0.15, 0.2) is 11.6 Å². The van der Waals surface area contributed by atoms with E-state index >= 15 is 0 Å². The number of hydrogen-bond donors (Lipinski definition) is 2. The third-order valence-corrected chi connectivity index (χ3v) is 4.19. The second kappa shape index (κ2) is 5.08. The van der Waals surface area contributed by atoms with Gasteiger partial charge in [-0.15, -0.1) is 10.2 Å². The van der Waals surface area contributed by atoms with Crippen molar-refractivity contribution in [1.82, 2.24) is 19.7 Å². The molecule has 0 aliphatic carbocycles. The Kier molecular flexibility index (Phi) is 3.04. The van der Waals surface area contributed by atoms with Crippen molar-refractivity contribution < 1.29 is 9.90 Å². The van der Waals surface area contributed by atoms with Gasteiger partial charge in [0.05, 0.1) is 11.3 Å². The largest absolute Gasteiger partial charge is 0.507 e. The van der Waals surface area contributed by atoms with Gasteiger partial charge in [0.1, 0.15) is 11.6 Å². The molecule has 4 rings (SSSR count). The van der Waals surface area contributed by atoms with E-state index in [1.807, 2.05) is 6.92 Å². The Balaban J connectivity index is 1.70. The van der Waals surface area contributed by atoms with E-state index in [1.54, 1.807) is 30.5 Å². The molecule has 0 bridgehead atoms. The Bertz CT molecular complexity index is 907. The van der Waals surface area contributed by atoms with Crippen molar-refractivity contribution in [2.24, 2.45) is 0 Å². The molecule has 2 aromatic heterocycles. The van der Waals surface area contributed by atoms with Crippen molar-refractivity contribution in [3.63, 3.8) is 0 Å². The zero-order valence-corrected chi connectivity index (χ0v) is 12.7. The van der Waals surface area contributed by atoms with Gasteiger partial charge in [-0.2, -0.15) is 0 Å². The number of hydrogen-bond acceptors (Lipinski definition) is 4. The summed E-state index contributed by atoms with van der Waals surface area (Å²) in [7, 11) is 0. The van der Waals surface area contributed by atoms with Gasteiger partial charge >= 0.3 is 0 Å². The number of nitrogens with zero attached hydrogens (tertiary/aromatic N) is 3. The van der Waals surface area contributed by atoms with Crippen LogP contribution in [0, 0.1) is 6.92 Å². The highest BCUT2D eigenvalue weighted by Crippen LogP contribution is 2.26. The number of phenols is 1. The van der Waals surface area contributed by atoms with E-state index in [0.29, 0.717) is 11.1 Å². The average Bonchev–Trinajstić information content (AvgIpc) is 3.23. The van der Waals surface area contributed by atoms with Crippen molar-refractivity contribution in [3.05, 3.63) is 53.0 Å². The predicted molar refractivity (Wildman–Crippen MR) is 84.4 cm³/mol. The lowest BCUT2D eigenvalue weighted by molar-refractivity contribution is 0.103. The van der Waals surface area contributed by atoms with Crippen LogP contribution in [-0.4, -0.2) is 30.6 Å². The van der Waals surface area contributed by atoms with Crippen LogP contribution in [-0.2, 0) is 13.0 Å². The Morgan fingerprint density at radius 2 is 2.17 bits per heavy atom. The first-order valence-electron chi connectivity index (χ1n) is 7.58. The van der Waals surface area contributed by atoms with Crippen LogP contribution >= 0.6 is 0 Å². The molecule has 1 aliphatic heterocycles. The minimum Gasteiger partial charge on any atom is -0.507 e. The summed E-state index contributed by atoms with van der Waals surface area (Å²) >= 11 is 0. The van der Waals surface area contributed by atoms with Crippen molar-refractivity contribution in [2.75, 3.05) is 0 Å². The van der Waals surface area contributed by atoms with Crippen LogP contribution in [0.5, 0.6) is 5.75 Å². The first-order chi connectivity index (χ1) is 11.1. The Morgan fingerprint density at radius 1 is 1.30 bits per heavy atom. The number of carbonyl (C=O) groups is 1. The van der Waals surface area contributed by atoms with Gasteiger partial charge in [0.2, 0.25) is 0 Å². The number of aromatic amines is 1. The van der Waals surface area contributed by atoms with Crippen molar-refractivity contribution in [1.29, 1.82) is 0 Å². The van der Waals surface area contributed by atoms with E-state index in [0.717, 1.165) is 42.3 Å². The van der Waals surface area contributed by atoms with Crippen LogP contribution in [0.3, 0.4) is 0 Å². The fourth-order valence-corrected chi connectivity index (χ4v) is 2.99. The molecule has 2 N–H and O–H groups in total. The summed E-state index contributed by atoms with van der Waals surface area (Å²) in [6, 6.07) is 6.77. The van der Waals surface area contributed by atoms with Gasteiger partial charge in [-0.1, -0.05) is 11.6 Å². The normalized spacial score (nSPS) is 13.3. The molecule has 3 aromatic rings. The average molecular weight is 308 g/mol. The molecule has 0 spiro atoms. The molecule has 0 saturated carbocycles. The highest BCUT2D eigenvalue weighted by Gasteiger charge is 2.21. The minimum absolute atomic E-state index is 0.00767. The molecule has 23 heavy (non-hydrogen) atoms. The lowest BCUT2D eigenvalue weighted by Gasteiger charge is -2.03. The maximum Gasteiger partial charge on any atom is 0.198 e. The summed E-state index contributed by atoms with van der Waals surface area (Å²) in [6.07, 6.45) is 3.66. The van der Waals surface area contributed by atoms with Gasteiger partial charge in [-0.3, -0.25) is 4.79 Å². The first-order valence-corrected chi connectivity index (χ1v) is 7.58. The third-order valence-electron chi connectivity index (χ3n) is 4.19. The number of fused-ring (bicyclic) bond motifs is 1. The first kappa shape index (κ1) is 13.8. The summed E-state index contributed by atoms with van der Waals surface area (Å²) < 4.78 is 2.07. The van der Waals surface area contributed by atoms with E-state index < -0.39 is 0 Å². The molecule has 1 aromatic carbocycles. The Labute approximate surface area is 132 Å². The van der Waals surface area contributed by atoms with Crippen LogP contribution in [0.4, 0.5) is 0 Å². The third kappa shape index (κ3) is 2.23. The number of ketones is 1. The summed E-state index contributed by atoms with van der Waals surface area (Å²) in [6.45, 7) is 2.79. The second-order valence-electron chi connectivity index (χ2n) is 5.85. The van der Waals surface area contributed by atoms with Crippen LogP contribution in [0.25, 0.3) is 11.5 Å². The zero-order valence-electron chi connectivity index (χ0n) is 12.7. The van der Waals surface area contributed by atoms with Crippen molar-refractivity contribution >= 4 is 5.78 Å². The van der Waals surface area contributed by atoms with E-state index in [9.17, 15) is 9.90 Å². The molecule has 116 valence electrons. The number of rotatable bonds is 3. The smallest absolute Gasteiger partial charge is 0.198 e. The molecule has 3 heterocycles. The lowest BCUT2D eigenvalue weighted by Crippen LogP contribution is -2.00. The molecule has 0 unspecified atom stereocenters. The summed E-state index contributed by atoms with van der Waals surface area (Å²) in [4.78, 5) is 15.7. The Morgan fingerprint density at radius 3 is 3.04 bits per heavy atom. The molecule has 0 saturated heterocycles. The number of aryl methyl sites for hydroxylation is 2. The number of phenolic OH excluding ortho intramolecular Hbond substituents is 1. The molecule has 0 radical (unpaired) electrons. The number of aromatic nitrogens is 4. The highest BCUT2D eigenvalue weighted by atomic mass is 16.3. The fraction of sp³-hybridized carbons (Fsp3) is 0.235. The summed E-state index contributed by atoms with van der Waals surface area (Å²) in [5.41, 5.74) is 2.50. The van der Waals surface area contributed by atoms with E-state index in [2.05, 4.69) is 19.7 Å². The molecule has 6 heteroatoms. The van der Waals surface area contributed by atoms with E-state index in [4.69, 9.17) is 0 Å². The number of aromatic hydroxyl groups is 1. The van der Waals surface area contributed by atoms with Gasteiger partial charge in [-0.05, 0) is 31.5 Å². The lowest BCUT2D eigenvalue weighted by atomic mass is 10.0. The summed E-state index contributed by atoms with van der Waals surface area (Å²) in [5.74, 6) is 1.52. The number of H-pyrrole nitrogens is 1. The molecule has 0 fully saturated rings. The Hall–Kier alpha value is -2.89. The number of carbonyl (C=O) groups excluding carboxylic acids is 1. The molecule has 0 atom stereocenters. The van der Waals surface area contributed by atoms with Gasteiger partial charge in [0, 0.05) is 24.7 Å². The van der Waals surface area contributed by atoms with Crippen molar-refractivity contribution in [3.8, 4) is 17.3 Å². The van der Waals surface area contributed by atoms with E-state index in [1.165, 1.54) is 0 Å². The van der Waals surface area contributed by atoms with Gasteiger partial charge in [0.25, 0.3) is 0 Å². The summed E-state index contributed by atoms with van der Waals surface area (Å²) in [5, 5.41) is 18.3. The number of nitrogens with one attached hydrogen (secondary N) is 1. The second-order valence-corrected chi connectivity index (χ2v) is 5.85. The van der Waals surface area contributed by atoms with Crippen LogP contribution < -0.4 is 0 Å². The highest BCUT2D eigenvalue weighted by molar-refractivity contribution is 6.11. The standard InChI is InChI=1S/C17H16N4O2/c1-10-4-5-14(22)12(7-10)16(23)11-8-13(18-9-11)17-20-19-15-3-2-6-21(15)17/h4-5,7-9,18,22H,2-3,6H2,1H3. The maximum atomic E-state index is 12.6. The van der Waals surface area contributed by atoms with Crippen LogP contribution in [0.2, 0.25) is 0 Å². The monoisotopic (exact) mass is 308 g/mol. The quantitative estimate of drug-likeness (QED) is 0.728. The zero-order chi connectivity index (χ0) is 16.0. The van der Waals surface area contributed by atoms with Crippen molar-refractivity contribution in [2.45, 2.75) is 26.3 Å². The number of benzene rings is 1. The molecular formula is C17H16N4O2. The maximum absolute atomic E-state index is 12.6. The van der Waals surface area contributed by atoms with Gasteiger partial charge in [-0.25, -0.2) is 0 Å². The minimum atomic E-state index is -0.213. The molecule has 0 amide bonds. The topological polar surface area (TPSA) is 83.8 Å². The molecule has 6 nitrogen and oxygen atoms in total. The van der Waals surface area contributed by atoms with E-state index in [-0.39, 0.29) is 11.5 Å². The fourth-order valence-electron chi connectivity index (χ4n) is 2.99. The van der Waals surface area contributed by atoms with Crippen LogP contribution in [0.15, 0.2) is 30.5 Å². The van der Waals surface area contributed by atoms with Gasteiger partial charge < -0.3 is 14.7 Å². The molecule has 1 aliphatic rings. The van der Waals surface area contributed by atoms with Crippen LogP contribution in [0.1, 0.15) is 33.7 Å². The molecular weight excluding hydrogens is 292 g/mol. The SMILES string of the molecule is Cc1ccc(O)c(C(=O)c2c[nH]c(-c3nnc4n3CCC4)c2)c1. The predicted octanol–water partition coefficient (Wildman–Crippen LogP) is 2.46.